The molecule has 2 aromatic carbocycles. The molecular formula is C16H15N3O. The Morgan fingerprint density at radius 2 is 1.90 bits per heavy atom. The first-order valence-electron chi connectivity index (χ1n) is 6.43. The Labute approximate surface area is 117 Å². The third-order valence-corrected chi connectivity index (χ3v) is 3.10. The molecule has 0 bridgehead atoms. The molecule has 4 nitrogen and oxygen atoms in total. The highest BCUT2D eigenvalue weighted by molar-refractivity contribution is 5.62. The minimum absolute atomic E-state index is 0.291. The lowest BCUT2D eigenvalue weighted by molar-refractivity contribution is 0.474. The van der Waals surface area contributed by atoms with Crippen LogP contribution < -0.4 is 5.32 Å². The number of aromatic hydroxyl groups is 1. The van der Waals surface area contributed by atoms with E-state index in [-0.39, 0.29) is 0 Å². The zero-order chi connectivity index (χ0) is 13.8. The summed E-state index contributed by atoms with van der Waals surface area (Å²) in [6.07, 6.45) is 1.74. The van der Waals surface area contributed by atoms with Crippen molar-refractivity contribution in [1.29, 1.82) is 0 Å². The Bertz CT molecular complexity index is 675. The molecule has 0 aliphatic carbocycles. The Morgan fingerprint density at radius 1 is 1.05 bits per heavy atom. The van der Waals surface area contributed by atoms with E-state index in [0.717, 1.165) is 22.5 Å². The fourth-order valence-electron chi connectivity index (χ4n) is 2.05. The fourth-order valence-corrected chi connectivity index (χ4v) is 2.05. The van der Waals surface area contributed by atoms with Crippen LogP contribution in [-0.2, 0) is 6.54 Å². The van der Waals surface area contributed by atoms with Crippen LogP contribution in [0.25, 0.3) is 11.3 Å². The van der Waals surface area contributed by atoms with E-state index in [9.17, 15) is 5.11 Å². The lowest BCUT2D eigenvalue weighted by Gasteiger charge is -2.07. The standard InChI is InChI=1S/C16H15N3O/c20-15-3-1-2-12(10-15)11-17-14-6-4-13(5-7-14)16-8-9-18-19-16/h1-10,17,20H,11H2,(H,18,19). The number of benzene rings is 2. The molecule has 0 saturated carbocycles. The van der Waals surface area contributed by atoms with Gasteiger partial charge in [-0.1, -0.05) is 24.3 Å². The molecule has 0 aliphatic heterocycles. The lowest BCUT2D eigenvalue weighted by atomic mass is 10.1. The quantitative estimate of drug-likeness (QED) is 0.677. The second-order valence-electron chi connectivity index (χ2n) is 4.57. The van der Waals surface area contributed by atoms with E-state index in [0.29, 0.717) is 12.3 Å². The average molecular weight is 265 g/mol. The highest BCUT2D eigenvalue weighted by atomic mass is 16.3. The van der Waals surface area contributed by atoms with E-state index in [1.54, 1.807) is 18.3 Å². The van der Waals surface area contributed by atoms with Gasteiger partial charge in [-0.25, -0.2) is 0 Å². The van der Waals surface area contributed by atoms with Crippen LogP contribution in [0.5, 0.6) is 5.75 Å². The molecule has 0 unspecified atom stereocenters. The van der Waals surface area contributed by atoms with E-state index in [2.05, 4.69) is 15.5 Å². The highest BCUT2D eigenvalue weighted by Gasteiger charge is 1.99. The van der Waals surface area contributed by atoms with Gasteiger partial charge < -0.3 is 10.4 Å². The molecule has 0 aliphatic rings. The average Bonchev–Trinajstić information content (AvgIpc) is 3.00. The molecule has 1 aromatic heterocycles. The maximum atomic E-state index is 9.42. The summed E-state index contributed by atoms with van der Waals surface area (Å²) >= 11 is 0. The molecule has 1 heterocycles. The van der Waals surface area contributed by atoms with Crippen molar-refractivity contribution in [3.8, 4) is 17.0 Å². The van der Waals surface area contributed by atoms with Crippen molar-refractivity contribution >= 4 is 5.69 Å². The van der Waals surface area contributed by atoms with Crippen LogP contribution in [0.2, 0.25) is 0 Å². The van der Waals surface area contributed by atoms with Gasteiger partial charge in [0.1, 0.15) is 5.75 Å². The first kappa shape index (κ1) is 12.3. The number of aromatic nitrogens is 2. The summed E-state index contributed by atoms with van der Waals surface area (Å²) in [7, 11) is 0. The normalized spacial score (nSPS) is 10.4. The lowest BCUT2D eigenvalue weighted by Crippen LogP contribution is -1.98. The number of hydrogen-bond donors (Lipinski definition) is 3. The van der Waals surface area contributed by atoms with E-state index in [1.165, 1.54) is 0 Å². The van der Waals surface area contributed by atoms with Gasteiger partial charge in [-0.3, -0.25) is 5.10 Å². The number of hydrogen-bond acceptors (Lipinski definition) is 3. The summed E-state index contributed by atoms with van der Waals surface area (Å²) < 4.78 is 0. The Morgan fingerprint density at radius 3 is 2.60 bits per heavy atom. The summed E-state index contributed by atoms with van der Waals surface area (Å²) in [6.45, 7) is 0.678. The van der Waals surface area contributed by atoms with E-state index < -0.39 is 0 Å². The Kier molecular flexibility index (Phi) is 3.37. The van der Waals surface area contributed by atoms with Crippen molar-refractivity contribution < 1.29 is 5.11 Å². The molecule has 0 amide bonds. The van der Waals surface area contributed by atoms with Crippen molar-refractivity contribution in [3.63, 3.8) is 0 Å². The third kappa shape index (κ3) is 2.80. The second-order valence-corrected chi connectivity index (χ2v) is 4.57. The van der Waals surface area contributed by atoms with Crippen molar-refractivity contribution in [3.05, 3.63) is 66.4 Å². The molecule has 0 spiro atoms. The van der Waals surface area contributed by atoms with Gasteiger partial charge in [-0.2, -0.15) is 5.10 Å². The minimum Gasteiger partial charge on any atom is -0.508 e. The predicted molar refractivity (Wildman–Crippen MR) is 79.5 cm³/mol. The second kappa shape index (κ2) is 5.48. The molecule has 3 aromatic rings. The van der Waals surface area contributed by atoms with Crippen molar-refractivity contribution in [2.45, 2.75) is 6.54 Å². The molecule has 3 N–H and O–H groups in total. The zero-order valence-corrected chi connectivity index (χ0v) is 10.9. The Balaban J connectivity index is 1.67. The molecule has 0 atom stereocenters. The van der Waals surface area contributed by atoms with Crippen LogP contribution in [0, 0.1) is 0 Å². The molecule has 3 rings (SSSR count). The topological polar surface area (TPSA) is 60.9 Å². The largest absolute Gasteiger partial charge is 0.508 e. The van der Waals surface area contributed by atoms with Gasteiger partial charge in [0.05, 0.1) is 5.69 Å². The van der Waals surface area contributed by atoms with Crippen LogP contribution in [0.4, 0.5) is 5.69 Å². The van der Waals surface area contributed by atoms with Gasteiger partial charge in [0.2, 0.25) is 0 Å². The monoisotopic (exact) mass is 265 g/mol. The molecule has 20 heavy (non-hydrogen) atoms. The SMILES string of the molecule is Oc1cccc(CNc2ccc(-c3ccn[nH]3)cc2)c1. The molecule has 100 valence electrons. The summed E-state index contributed by atoms with van der Waals surface area (Å²) in [5.74, 6) is 0.291. The van der Waals surface area contributed by atoms with E-state index >= 15 is 0 Å². The summed E-state index contributed by atoms with van der Waals surface area (Å²) in [4.78, 5) is 0. The fraction of sp³-hybridized carbons (Fsp3) is 0.0625. The number of phenols is 1. The van der Waals surface area contributed by atoms with Gasteiger partial charge in [0.15, 0.2) is 0 Å². The number of nitrogens with zero attached hydrogens (tertiary/aromatic N) is 1. The molecule has 0 saturated heterocycles. The summed E-state index contributed by atoms with van der Waals surface area (Å²) in [5, 5.41) is 19.6. The first-order valence-corrected chi connectivity index (χ1v) is 6.43. The van der Waals surface area contributed by atoms with Gasteiger partial charge in [-0.05, 0) is 41.5 Å². The van der Waals surface area contributed by atoms with Gasteiger partial charge in [0, 0.05) is 18.4 Å². The smallest absolute Gasteiger partial charge is 0.115 e. The van der Waals surface area contributed by atoms with Crippen LogP contribution >= 0.6 is 0 Å². The van der Waals surface area contributed by atoms with Crippen LogP contribution in [0.3, 0.4) is 0 Å². The maximum Gasteiger partial charge on any atom is 0.115 e. The van der Waals surface area contributed by atoms with Crippen molar-refractivity contribution in [1.82, 2.24) is 10.2 Å². The molecule has 0 radical (unpaired) electrons. The van der Waals surface area contributed by atoms with E-state index in [4.69, 9.17) is 0 Å². The molecule has 0 fully saturated rings. The highest BCUT2D eigenvalue weighted by Crippen LogP contribution is 2.19. The van der Waals surface area contributed by atoms with Crippen LogP contribution in [0.1, 0.15) is 5.56 Å². The molecular weight excluding hydrogens is 250 g/mol. The van der Waals surface area contributed by atoms with Gasteiger partial charge in [-0.15, -0.1) is 0 Å². The number of H-pyrrole nitrogens is 1. The number of anilines is 1. The number of nitrogens with one attached hydrogen (secondary N) is 2. The number of phenolic OH excluding ortho intramolecular Hbond substituents is 1. The molecule has 4 heteroatoms. The van der Waals surface area contributed by atoms with Gasteiger partial charge >= 0.3 is 0 Å². The number of aromatic amines is 1. The van der Waals surface area contributed by atoms with Crippen LogP contribution in [-0.4, -0.2) is 15.3 Å². The number of rotatable bonds is 4. The van der Waals surface area contributed by atoms with Gasteiger partial charge in [0.25, 0.3) is 0 Å². The third-order valence-electron chi connectivity index (χ3n) is 3.10. The minimum atomic E-state index is 0.291. The zero-order valence-electron chi connectivity index (χ0n) is 10.9. The first-order chi connectivity index (χ1) is 9.81. The summed E-state index contributed by atoms with van der Waals surface area (Å²) in [5.41, 5.74) is 4.19. The van der Waals surface area contributed by atoms with Crippen molar-refractivity contribution in [2.75, 3.05) is 5.32 Å². The van der Waals surface area contributed by atoms with E-state index in [1.807, 2.05) is 42.5 Å². The Hall–Kier alpha value is -2.75. The van der Waals surface area contributed by atoms with Crippen molar-refractivity contribution in [2.24, 2.45) is 0 Å². The maximum absolute atomic E-state index is 9.42. The summed E-state index contributed by atoms with van der Waals surface area (Å²) in [6, 6.07) is 17.3. The predicted octanol–water partition coefficient (Wildman–Crippen LogP) is 3.39. The van der Waals surface area contributed by atoms with Crippen LogP contribution in [0.15, 0.2) is 60.8 Å².